The molecule has 1 aliphatic rings. The summed E-state index contributed by atoms with van der Waals surface area (Å²) in [6, 6.07) is 8.58. The van der Waals surface area contributed by atoms with Crippen molar-refractivity contribution in [3.8, 4) is 0 Å². The first kappa shape index (κ1) is 9.69. The normalized spacial score (nSPS) is 17.1. The highest BCUT2D eigenvalue weighted by Gasteiger charge is 2.34. The lowest BCUT2D eigenvalue weighted by Crippen LogP contribution is -2.37. The fourth-order valence-electron chi connectivity index (χ4n) is 2.15. The van der Waals surface area contributed by atoms with E-state index in [1.165, 1.54) is 11.1 Å². The molecular weight excluding hydrogens is 174 g/mol. The van der Waals surface area contributed by atoms with Crippen LogP contribution in [0.5, 0.6) is 0 Å². The Bertz CT molecular complexity index is 308. The Balaban J connectivity index is 2.19. The van der Waals surface area contributed by atoms with E-state index in [4.69, 9.17) is 10.7 Å². The highest BCUT2D eigenvalue weighted by Crippen LogP contribution is 2.34. The minimum absolute atomic E-state index is 0.223. The highest BCUT2D eigenvalue weighted by molar-refractivity contribution is 5.32. The third kappa shape index (κ3) is 1.56. The summed E-state index contributed by atoms with van der Waals surface area (Å²) in [5, 5.41) is 0. The van der Waals surface area contributed by atoms with Crippen molar-refractivity contribution >= 4 is 0 Å². The maximum Gasteiger partial charge on any atom is 0.0872 e. The van der Waals surface area contributed by atoms with Gasteiger partial charge >= 0.3 is 0 Å². The summed E-state index contributed by atoms with van der Waals surface area (Å²) in [7, 11) is 0. The van der Waals surface area contributed by atoms with E-state index in [0.717, 1.165) is 12.8 Å². The van der Waals surface area contributed by atoms with E-state index in [0.29, 0.717) is 5.92 Å². The van der Waals surface area contributed by atoms with Crippen LogP contribution in [0.25, 0.3) is 0 Å². The number of nitrogens with two attached hydrogens (primary N) is 1. The van der Waals surface area contributed by atoms with Gasteiger partial charge in [-0.3, -0.25) is 4.84 Å². The molecule has 1 aliphatic carbocycles. The van der Waals surface area contributed by atoms with Gasteiger partial charge in [-0.2, -0.15) is 0 Å². The molecule has 0 radical (unpaired) electrons. The molecule has 2 N–H and O–H groups in total. The van der Waals surface area contributed by atoms with E-state index in [2.05, 4.69) is 38.1 Å². The SMILES string of the molecule is CC(C)(ON)C1Cc2ccccc2C1. The van der Waals surface area contributed by atoms with Crippen LogP contribution in [-0.4, -0.2) is 5.60 Å². The van der Waals surface area contributed by atoms with Gasteiger partial charge in [-0.05, 0) is 43.7 Å². The first-order valence-corrected chi connectivity index (χ1v) is 5.08. The van der Waals surface area contributed by atoms with Crippen molar-refractivity contribution in [2.24, 2.45) is 11.8 Å². The molecule has 0 spiro atoms. The summed E-state index contributed by atoms with van der Waals surface area (Å²) in [5.41, 5.74) is 2.67. The van der Waals surface area contributed by atoms with Gasteiger partial charge in [-0.1, -0.05) is 24.3 Å². The van der Waals surface area contributed by atoms with Gasteiger partial charge in [-0.25, -0.2) is 5.90 Å². The summed E-state index contributed by atoms with van der Waals surface area (Å²) < 4.78 is 0. The van der Waals surface area contributed by atoms with E-state index < -0.39 is 0 Å². The fraction of sp³-hybridized carbons (Fsp3) is 0.500. The van der Waals surface area contributed by atoms with Gasteiger partial charge < -0.3 is 0 Å². The minimum atomic E-state index is -0.223. The average Bonchev–Trinajstić information content (AvgIpc) is 2.61. The Morgan fingerprint density at radius 1 is 1.21 bits per heavy atom. The molecule has 1 aromatic carbocycles. The molecule has 0 fully saturated rings. The summed E-state index contributed by atoms with van der Waals surface area (Å²) in [4.78, 5) is 5.05. The molecule has 0 aromatic heterocycles. The average molecular weight is 191 g/mol. The van der Waals surface area contributed by atoms with E-state index >= 15 is 0 Å². The number of rotatable bonds is 2. The Morgan fingerprint density at radius 3 is 2.14 bits per heavy atom. The van der Waals surface area contributed by atoms with Crippen molar-refractivity contribution in [3.05, 3.63) is 35.4 Å². The highest BCUT2D eigenvalue weighted by atomic mass is 16.6. The summed E-state index contributed by atoms with van der Waals surface area (Å²) in [5.74, 6) is 5.83. The van der Waals surface area contributed by atoms with Gasteiger partial charge in [0.1, 0.15) is 0 Å². The first-order valence-electron chi connectivity index (χ1n) is 5.08. The molecule has 0 amide bonds. The maximum absolute atomic E-state index is 5.32. The molecule has 76 valence electrons. The number of benzene rings is 1. The predicted molar refractivity (Wildman–Crippen MR) is 56.7 cm³/mol. The van der Waals surface area contributed by atoms with Gasteiger partial charge in [0.05, 0.1) is 5.60 Å². The standard InChI is InChI=1S/C12H17NO/c1-12(2,14-13)11-7-9-5-3-4-6-10(9)8-11/h3-6,11H,7-8,13H2,1-2H3. The van der Waals surface area contributed by atoms with Crippen molar-refractivity contribution in [2.45, 2.75) is 32.3 Å². The molecule has 0 bridgehead atoms. The third-order valence-corrected chi connectivity index (χ3v) is 3.34. The fourth-order valence-corrected chi connectivity index (χ4v) is 2.15. The van der Waals surface area contributed by atoms with Crippen LogP contribution in [0, 0.1) is 5.92 Å². The van der Waals surface area contributed by atoms with Crippen LogP contribution in [0.4, 0.5) is 0 Å². The molecule has 2 nitrogen and oxygen atoms in total. The first-order chi connectivity index (χ1) is 6.63. The van der Waals surface area contributed by atoms with Gasteiger partial charge in [-0.15, -0.1) is 0 Å². The molecule has 0 saturated carbocycles. The Labute approximate surface area is 85.0 Å². The largest absolute Gasteiger partial charge is 0.298 e. The minimum Gasteiger partial charge on any atom is -0.298 e. The molecule has 0 atom stereocenters. The molecule has 2 rings (SSSR count). The lowest BCUT2D eigenvalue weighted by molar-refractivity contribution is -0.0599. The van der Waals surface area contributed by atoms with Crippen molar-refractivity contribution in [1.82, 2.24) is 0 Å². The Kier molecular flexibility index (Phi) is 2.33. The van der Waals surface area contributed by atoms with Gasteiger partial charge in [0.2, 0.25) is 0 Å². The van der Waals surface area contributed by atoms with Crippen LogP contribution in [-0.2, 0) is 17.7 Å². The monoisotopic (exact) mass is 191 g/mol. The van der Waals surface area contributed by atoms with Crippen LogP contribution in [0.3, 0.4) is 0 Å². The van der Waals surface area contributed by atoms with Crippen molar-refractivity contribution in [1.29, 1.82) is 0 Å². The van der Waals surface area contributed by atoms with Crippen molar-refractivity contribution in [3.63, 3.8) is 0 Å². The third-order valence-electron chi connectivity index (χ3n) is 3.34. The number of hydrogen-bond acceptors (Lipinski definition) is 2. The van der Waals surface area contributed by atoms with Gasteiger partial charge in [0, 0.05) is 0 Å². The van der Waals surface area contributed by atoms with E-state index in [1.807, 2.05) is 0 Å². The molecular formula is C12H17NO. The lowest BCUT2D eigenvalue weighted by Gasteiger charge is -2.28. The van der Waals surface area contributed by atoms with Crippen LogP contribution < -0.4 is 5.90 Å². The maximum atomic E-state index is 5.32. The van der Waals surface area contributed by atoms with E-state index in [9.17, 15) is 0 Å². The smallest absolute Gasteiger partial charge is 0.0872 e. The molecule has 0 aliphatic heterocycles. The molecule has 2 heteroatoms. The van der Waals surface area contributed by atoms with Crippen LogP contribution >= 0.6 is 0 Å². The number of hydrogen-bond donors (Lipinski definition) is 1. The van der Waals surface area contributed by atoms with Crippen molar-refractivity contribution in [2.75, 3.05) is 0 Å². The van der Waals surface area contributed by atoms with Crippen LogP contribution in [0.15, 0.2) is 24.3 Å². The zero-order valence-electron chi connectivity index (χ0n) is 8.79. The quantitative estimate of drug-likeness (QED) is 0.726. The second kappa shape index (κ2) is 3.37. The van der Waals surface area contributed by atoms with Crippen LogP contribution in [0.1, 0.15) is 25.0 Å². The number of fused-ring (bicyclic) bond motifs is 1. The predicted octanol–water partition coefficient (Wildman–Crippen LogP) is 2.07. The second-order valence-corrected chi connectivity index (χ2v) is 4.60. The van der Waals surface area contributed by atoms with Crippen LogP contribution in [0.2, 0.25) is 0 Å². The Hall–Kier alpha value is -0.860. The molecule has 0 heterocycles. The van der Waals surface area contributed by atoms with Gasteiger partial charge in [0.25, 0.3) is 0 Å². The van der Waals surface area contributed by atoms with Crippen molar-refractivity contribution < 1.29 is 4.84 Å². The topological polar surface area (TPSA) is 35.2 Å². The second-order valence-electron chi connectivity index (χ2n) is 4.60. The summed E-state index contributed by atoms with van der Waals surface area (Å²) in [6.07, 6.45) is 2.17. The summed E-state index contributed by atoms with van der Waals surface area (Å²) in [6.45, 7) is 4.12. The molecule has 14 heavy (non-hydrogen) atoms. The molecule has 0 unspecified atom stereocenters. The molecule has 1 aromatic rings. The van der Waals surface area contributed by atoms with E-state index in [1.54, 1.807) is 0 Å². The zero-order valence-corrected chi connectivity index (χ0v) is 8.79. The molecule has 0 saturated heterocycles. The zero-order chi connectivity index (χ0) is 10.2. The van der Waals surface area contributed by atoms with Gasteiger partial charge in [0.15, 0.2) is 0 Å². The Morgan fingerprint density at radius 2 is 1.71 bits per heavy atom. The van der Waals surface area contributed by atoms with E-state index in [-0.39, 0.29) is 5.60 Å². The summed E-state index contributed by atoms with van der Waals surface area (Å²) >= 11 is 0. The lowest BCUT2D eigenvalue weighted by atomic mass is 9.88.